The predicted molar refractivity (Wildman–Crippen MR) is 115 cm³/mol. The van der Waals surface area contributed by atoms with Crippen molar-refractivity contribution in [3.63, 3.8) is 0 Å². The SMILES string of the molecule is CC(C)NC(=O)[C@@H](C)N(Cc1ccc(Cl)cc1)C(=O)Cc1ccc(Cl)cc1Cl. The van der Waals surface area contributed by atoms with Crippen LogP contribution < -0.4 is 5.32 Å². The Morgan fingerprint density at radius 3 is 2.14 bits per heavy atom. The molecule has 4 nitrogen and oxygen atoms in total. The van der Waals surface area contributed by atoms with Crippen LogP contribution in [0.4, 0.5) is 0 Å². The van der Waals surface area contributed by atoms with Gasteiger partial charge in [-0.3, -0.25) is 9.59 Å². The van der Waals surface area contributed by atoms with Crippen LogP contribution in [0.3, 0.4) is 0 Å². The zero-order valence-electron chi connectivity index (χ0n) is 16.0. The van der Waals surface area contributed by atoms with E-state index in [2.05, 4.69) is 5.32 Å². The van der Waals surface area contributed by atoms with Crippen LogP contribution in [0.1, 0.15) is 31.9 Å². The third kappa shape index (κ3) is 6.40. The maximum atomic E-state index is 13.1. The Hall–Kier alpha value is -1.75. The Balaban J connectivity index is 2.26. The third-order valence-corrected chi connectivity index (χ3v) is 5.06. The van der Waals surface area contributed by atoms with Gasteiger partial charge in [0.25, 0.3) is 0 Å². The predicted octanol–water partition coefficient (Wildman–Crippen LogP) is 5.13. The molecule has 2 amide bonds. The van der Waals surface area contributed by atoms with E-state index in [1.165, 1.54) is 0 Å². The second kappa shape index (κ2) is 10.1. The molecule has 150 valence electrons. The Bertz CT molecular complexity index is 838. The number of nitrogens with zero attached hydrogens (tertiary/aromatic N) is 1. The lowest BCUT2D eigenvalue weighted by atomic mass is 10.1. The van der Waals surface area contributed by atoms with E-state index < -0.39 is 6.04 Å². The van der Waals surface area contributed by atoms with E-state index in [-0.39, 0.29) is 30.8 Å². The summed E-state index contributed by atoms with van der Waals surface area (Å²) in [5.41, 5.74) is 1.54. The van der Waals surface area contributed by atoms with Gasteiger partial charge >= 0.3 is 0 Å². The second-order valence-corrected chi connectivity index (χ2v) is 8.18. The molecule has 2 aromatic rings. The van der Waals surface area contributed by atoms with Crippen molar-refractivity contribution < 1.29 is 9.59 Å². The summed E-state index contributed by atoms with van der Waals surface area (Å²) in [4.78, 5) is 27.2. The summed E-state index contributed by atoms with van der Waals surface area (Å²) in [7, 11) is 0. The van der Waals surface area contributed by atoms with Crippen LogP contribution in [-0.4, -0.2) is 28.8 Å². The number of hydrogen-bond acceptors (Lipinski definition) is 2. The molecule has 28 heavy (non-hydrogen) atoms. The minimum atomic E-state index is -0.642. The van der Waals surface area contributed by atoms with E-state index in [4.69, 9.17) is 34.8 Å². The molecule has 0 spiro atoms. The molecule has 7 heteroatoms. The fourth-order valence-corrected chi connectivity index (χ4v) is 3.31. The average molecular weight is 442 g/mol. The van der Waals surface area contributed by atoms with Gasteiger partial charge in [-0.2, -0.15) is 0 Å². The molecule has 0 aliphatic carbocycles. The second-order valence-electron chi connectivity index (χ2n) is 6.90. The van der Waals surface area contributed by atoms with Crippen molar-refractivity contribution in [2.45, 2.75) is 45.8 Å². The van der Waals surface area contributed by atoms with Gasteiger partial charge in [-0.05, 0) is 56.2 Å². The van der Waals surface area contributed by atoms with Gasteiger partial charge in [-0.25, -0.2) is 0 Å². The van der Waals surface area contributed by atoms with Gasteiger partial charge in [-0.1, -0.05) is 53.0 Å². The first-order valence-corrected chi connectivity index (χ1v) is 10.1. The number of amides is 2. The number of halogens is 3. The molecule has 1 N–H and O–H groups in total. The number of carbonyl (C=O) groups is 2. The maximum absolute atomic E-state index is 13.1. The minimum absolute atomic E-state index is 0.0202. The van der Waals surface area contributed by atoms with Crippen molar-refractivity contribution in [2.75, 3.05) is 0 Å². The zero-order valence-corrected chi connectivity index (χ0v) is 18.3. The molecule has 0 bridgehead atoms. The number of nitrogens with one attached hydrogen (secondary N) is 1. The molecule has 0 radical (unpaired) electrons. The Kier molecular flexibility index (Phi) is 8.17. The van der Waals surface area contributed by atoms with E-state index in [1.807, 2.05) is 26.0 Å². The molecule has 0 heterocycles. The largest absolute Gasteiger partial charge is 0.352 e. The number of benzene rings is 2. The third-order valence-electron chi connectivity index (χ3n) is 4.22. The highest BCUT2D eigenvalue weighted by Crippen LogP contribution is 2.23. The summed E-state index contributed by atoms with van der Waals surface area (Å²) in [5.74, 6) is -0.412. The van der Waals surface area contributed by atoms with Crippen molar-refractivity contribution in [1.29, 1.82) is 0 Å². The molecule has 0 aliphatic rings. The van der Waals surface area contributed by atoms with Gasteiger partial charge in [0.1, 0.15) is 6.04 Å². The highest BCUT2D eigenvalue weighted by atomic mass is 35.5. The quantitative estimate of drug-likeness (QED) is 0.647. The summed E-state index contributed by atoms with van der Waals surface area (Å²) in [5, 5.41) is 4.40. The molecule has 2 rings (SSSR count). The molecule has 2 aromatic carbocycles. The van der Waals surface area contributed by atoms with Gasteiger partial charge in [-0.15, -0.1) is 0 Å². The van der Waals surface area contributed by atoms with Gasteiger partial charge in [0.2, 0.25) is 11.8 Å². The standard InChI is InChI=1S/C21H23Cl3N2O2/c1-13(2)25-21(28)14(3)26(12-15-4-7-17(22)8-5-15)20(27)10-16-6-9-18(23)11-19(16)24/h4-9,11,13-14H,10,12H2,1-3H3,(H,25,28)/t14-/m1/s1. The van der Waals surface area contributed by atoms with Crippen molar-refractivity contribution in [1.82, 2.24) is 10.2 Å². The molecule has 0 fully saturated rings. The Morgan fingerprint density at radius 1 is 0.964 bits per heavy atom. The van der Waals surface area contributed by atoms with Crippen LogP contribution in [0.2, 0.25) is 15.1 Å². The highest BCUT2D eigenvalue weighted by Gasteiger charge is 2.27. The lowest BCUT2D eigenvalue weighted by Crippen LogP contribution is -2.49. The lowest BCUT2D eigenvalue weighted by molar-refractivity contribution is -0.140. The molecule has 0 aliphatic heterocycles. The first-order chi connectivity index (χ1) is 13.2. The minimum Gasteiger partial charge on any atom is -0.352 e. The fourth-order valence-electron chi connectivity index (χ4n) is 2.70. The smallest absolute Gasteiger partial charge is 0.242 e. The van der Waals surface area contributed by atoms with E-state index in [1.54, 1.807) is 42.2 Å². The molecule has 0 aromatic heterocycles. The van der Waals surface area contributed by atoms with Crippen LogP contribution in [0.5, 0.6) is 0 Å². The van der Waals surface area contributed by atoms with Gasteiger partial charge < -0.3 is 10.2 Å². The molecule has 0 unspecified atom stereocenters. The van der Waals surface area contributed by atoms with Crippen molar-refractivity contribution in [3.8, 4) is 0 Å². The molecular formula is C21H23Cl3N2O2. The summed E-state index contributed by atoms with van der Waals surface area (Å²) in [6, 6.07) is 11.5. The Labute approximate surface area is 180 Å². The van der Waals surface area contributed by atoms with E-state index in [9.17, 15) is 9.59 Å². The molecular weight excluding hydrogens is 419 g/mol. The van der Waals surface area contributed by atoms with E-state index in [0.717, 1.165) is 5.56 Å². The van der Waals surface area contributed by atoms with Gasteiger partial charge in [0.05, 0.1) is 6.42 Å². The number of rotatable bonds is 7. The van der Waals surface area contributed by atoms with Crippen molar-refractivity contribution >= 4 is 46.6 Å². The maximum Gasteiger partial charge on any atom is 0.242 e. The van der Waals surface area contributed by atoms with Gasteiger partial charge in [0, 0.05) is 27.7 Å². The van der Waals surface area contributed by atoms with Crippen LogP contribution in [0.15, 0.2) is 42.5 Å². The monoisotopic (exact) mass is 440 g/mol. The fraction of sp³-hybridized carbons (Fsp3) is 0.333. The normalized spacial score (nSPS) is 12.0. The van der Waals surface area contributed by atoms with Crippen LogP contribution in [0.25, 0.3) is 0 Å². The van der Waals surface area contributed by atoms with Crippen molar-refractivity contribution in [3.05, 3.63) is 68.7 Å². The molecule has 0 saturated carbocycles. The number of hydrogen-bond donors (Lipinski definition) is 1. The first-order valence-electron chi connectivity index (χ1n) is 8.95. The summed E-state index contributed by atoms with van der Waals surface area (Å²) >= 11 is 18.1. The summed E-state index contributed by atoms with van der Waals surface area (Å²) in [6.45, 7) is 5.76. The van der Waals surface area contributed by atoms with Gasteiger partial charge in [0.15, 0.2) is 0 Å². The molecule has 1 atom stereocenters. The average Bonchev–Trinajstić information content (AvgIpc) is 2.62. The summed E-state index contributed by atoms with van der Waals surface area (Å²) < 4.78 is 0. The first kappa shape index (κ1) is 22.5. The van der Waals surface area contributed by atoms with E-state index >= 15 is 0 Å². The Morgan fingerprint density at radius 2 is 1.57 bits per heavy atom. The number of carbonyl (C=O) groups excluding carboxylic acids is 2. The van der Waals surface area contributed by atoms with Crippen LogP contribution in [0, 0.1) is 0 Å². The van der Waals surface area contributed by atoms with Crippen LogP contribution >= 0.6 is 34.8 Å². The van der Waals surface area contributed by atoms with Crippen LogP contribution in [-0.2, 0) is 22.6 Å². The topological polar surface area (TPSA) is 49.4 Å². The zero-order chi connectivity index (χ0) is 20.8. The van der Waals surface area contributed by atoms with Crippen molar-refractivity contribution in [2.24, 2.45) is 0 Å². The van der Waals surface area contributed by atoms with E-state index in [0.29, 0.717) is 20.6 Å². The summed E-state index contributed by atoms with van der Waals surface area (Å²) in [6.07, 6.45) is 0.0723. The molecule has 0 saturated heterocycles. The lowest BCUT2D eigenvalue weighted by Gasteiger charge is -2.29. The highest BCUT2D eigenvalue weighted by molar-refractivity contribution is 6.35.